The van der Waals surface area contributed by atoms with Crippen LogP contribution < -0.4 is 26.2 Å². The highest BCUT2D eigenvalue weighted by Gasteiger charge is 2.54. The van der Waals surface area contributed by atoms with Crippen molar-refractivity contribution in [1.82, 2.24) is 4.57 Å². The van der Waals surface area contributed by atoms with E-state index in [0.29, 0.717) is 11.3 Å². The number of anilines is 6. The van der Waals surface area contributed by atoms with Crippen LogP contribution in [0.15, 0.2) is 295 Å². The summed E-state index contributed by atoms with van der Waals surface area (Å²) in [5, 5.41) is 1.95. The second-order valence-electron chi connectivity index (χ2n) is 22.4. The smallest absolute Gasteiger partial charge is 0.252 e. The molecule has 4 nitrogen and oxygen atoms in total. The number of benzene rings is 13. The van der Waals surface area contributed by atoms with Crippen molar-refractivity contribution >= 4 is 101 Å². The molecule has 15 aromatic rings. The van der Waals surface area contributed by atoms with Gasteiger partial charge in [-0.1, -0.05) is 236 Å². The van der Waals surface area contributed by atoms with Gasteiger partial charge < -0.3 is 18.8 Å². The van der Waals surface area contributed by atoms with E-state index in [2.05, 4.69) is 216 Å². The van der Waals surface area contributed by atoms with Crippen molar-refractivity contribution in [2.24, 2.45) is 0 Å². The zero-order valence-electron chi connectivity index (χ0n) is 52.9. The molecule has 13 aromatic carbocycles. The summed E-state index contributed by atoms with van der Waals surface area (Å²) in [6.45, 7) is -0.497. The zero-order chi connectivity index (χ0) is 61.7. The summed E-state index contributed by atoms with van der Waals surface area (Å²) in [5.41, 5.74) is 22.6. The molecule has 388 valence electrons. The van der Waals surface area contributed by atoms with Crippen LogP contribution in [0.1, 0.15) is 33.2 Å². The minimum Gasteiger partial charge on any atom is -0.456 e. The van der Waals surface area contributed by atoms with E-state index >= 15 is 0 Å². The van der Waals surface area contributed by atoms with Gasteiger partial charge in [0, 0.05) is 61.5 Å². The molecule has 1 spiro atoms. The largest absolute Gasteiger partial charge is 0.456 e. The molecule has 0 fully saturated rings. The van der Waals surface area contributed by atoms with Gasteiger partial charge in [0.1, 0.15) is 11.2 Å². The third-order valence-corrected chi connectivity index (χ3v) is 18.4. The second-order valence-corrected chi connectivity index (χ2v) is 22.4. The molecule has 84 heavy (non-hydrogen) atoms. The number of aromatic nitrogens is 1. The number of rotatable bonds is 5. The molecule has 0 amide bonds. The van der Waals surface area contributed by atoms with Crippen molar-refractivity contribution < 1.29 is 15.4 Å². The van der Waals surface area contributed by atoms with Gasteiger partial charge in [0.05, 0.1) is 44.5 Å². The van der Waals surface area contributed by atoms with Gasteiger partial charge in [0.25, 0.3) is 6.71 Å². The van der Waals surface area contributed by atoms with Crippen molar-refractivity contribution in [2.45, 2.75) is 5.41 Å². The SMILES string of the molecule is [2H]c1c([2H])c([2H])c2c(c1[2H])c1c([2H])c([2H])c([2H])c([2H])c1n2-c1cc2c3c(c1)N(c1ccccc1-c1ccccc1)c1cc4oc5ccccc5c4cc1B3c1cc3c(cc1N2c1ccccc1-c1ccccc1)-c1ccccc1C31c2ccccc2-c2ccccc21. The Bertz CT molecular complexity index is 5680. The van der Waals surface area contributed by atoms with Crippen LogP contribution in [0.5, 0.6) is 0 Å². The highest BCUT2D eigenvalue weighted by molar-refractivity contribution is 7.00. The maximum atomic E-state index is 9.87. The van der Waals surface area contributed by atoms with E-state index in [1.54, 1.807) is 4.57 Å². The molecular weight excluding hydrogens is 1020 g/mol. The van der Waals surface area contributed by atoms with E-state index in [9.17, 15) is 8.22 Å². The summed E-state index contributed by atoms with van der Waals surface area (Å²) < 4.78 is 84.2. The van der Waals surface area contributed by atoms with Gasteiger partial charge in [-0.2, -0.15) is 0 Å². The molecule has 4 heterocycles. The van der Waals surface area contributed by atoms with Gasteiger partial charge in [-0.3, -0.25) is 0 Å². The predicted molar refractivity (Wildman–Crippen MR) is 349 cm³/mol. The molecule has 0 bridgehead atoms. The summed E-state index contributed by atoms with van der Waals surface area (Å²) in [6, 6.07) is 82.5. The van der Waals surface area contributed by atoms with Crippen LogP contribution in [0.25, 0.3) is 93.9 Å². The number of furan rings is 1. The van der Waals surface area contributed by atoms with Crippen LogP contribution in [-0.4, -0.2) is 11.3 Å². The molecule has 2 aliphatic carbocycles. The Labute approximate surface area is 497 Å². The minimum atomic E-state index is -0.701. The Balaban J connectivity index is 1.03. The average Bonchev–Trinajstić information content (AvgIpc) is 1.37. The first kappa shape index (κ1) is 38.7. The van der Waals surface area contributed by atoms with Crippen LogP contribution >= 0.6 is 0 Å². The molecular formula is C79H48BN3O. The molecule has 2 aliphatic heterocycles. The zero-order valence-corrected chi connectivity index (χ0v) is 44.9. The average molecular weight is 1070 g/mol. The predicted octanol–water partition coefficient (Wildman–Crippen LogP) is 18.4. The molecule has 0 unspecified atom stereocenters. The monoisotopic (exact) mass is 1070 g/mol. The van der Waals surface area contributed by atoms with Crippen LogP contribution in [-0.2, 0) is 5.41 Å². The lowest BCUT2D eigenvalue weighted by atomic mass is 9.33. The Morgan fingerprint density at radius 2 is 0.798 bits per heavy atom. The molecule has 0 saturated carbocycles. The molecule has 0 radical (unpaired) electrons. The summed E-state index contributed by atoms with van der Waals surface area (Å²) >= 11 is 0. The highest BCUT2D eigenvalue weighted by Crippen LogP contribution is 2.64. The van der Waals surface area contributed by atoms with E-state index in [4.69, 9.17) is 7.16 Å². The summed E-state index contributed by atoms with van der Waals surface area (Å²) in [7, 11) is 0. The number of fused-ring (bicyclic) bond motifs is 20. The number of hydrogen-bond acceptors (Lipinski definition) is 3. The van der Waals surface area contributed by atoms with Crippen LogP contribution in [0.4, 0.5) is 34.1 Å². The number of hydrogen-bond donors (Lipinski definition) is 0. The van der Waals surface area contributed by atoms with Gasteiger partial charge in [-0.25, -0.2) is 0 Å². The third-order valence-electron chi connectivity index (χ3n) is 18.4. The molecule has 4 aliphatic rings. The topological polar surface area (TPSA) is 24.6 Å². The van der Waals surface area contributed by atoms with Crippen molar-refractivity contribution in [2.75, 3.05) is 9.80 Å². The quantitative estimate of drug-likeness (QED) is 0.161. The highest BCUT2D eigenvalue weighted by atomic mass is 16.3. The van der Waals surface area contributed by atoms with Crippen LogP contribution in [0.2, 0.25) is 0 Å². The van der Waals surface area contributed by atoms with Crippen molar-refractivity contribution in [1.29, 1.82) is 0 Å². The lowest BCUT2D eigenvalue weighted by molar-refractivity contribution is 0.669. The lowest BCUT2D eigenvalue weighted by Gasteiger charge is -2.45. The molecule has 0 atom stereocenters. The van der Waals surface area contributed by atoms with E-state index in [0.717, 1.165) is 100 Å². The Hall–Kier alpha value is -10.9. The van der Waals surface area contributed by atoms with Gasteiger partial charge in [0.2, 0.25) is 0 Å². The first-order valence-corrected chi connectivity index (χ1v) is 28.5. The van der Waals surface area contributed by atoms with Crippen molar-refractivity contribution in [3.63, 3.8) is 0 Å². The summed E-state index contributed by atoms with van der Waals surface area (Å²) in [5.74, 6) is 0. The maximum absolute atomic E-state index is 9.87. The molecule has 5 heteroatoms. The minimum absolute atomic E-state index is 0.000913. The fraction of sp³-hybridized carbons (Fsp3) is 0.0127. The normalized spacial score (nSPS) is 15.1. The third kappa shape index (κ3) is 6.02. The number of para-hydroxylation sites is 5. The number of nitrogens with zero attached hydrogens (tertiary/aromatic N) is 3. The maximum Gasteiger partial charge on any atom is 0.252 e. The fourth-order valence-electron chi connectivity index (χ4n) is 15.2. The molecule has 0 N–H and O–H groups in total. The Morgan fingerprint density at radius 3 is 1.38 bits per heavy atom. The van der Waals surface area contributed by atoms with E-state index in [1.807, 2.05) is 36.4 Å². The van der Waals surface area contributed by atoms with Gasteiger partial charge in [-0.15, -0.1) is 0 Å². The van der Waals surface area contributed by atoms with E-state index < -0.39 is 48.4 Å². The fourth-order valence-corrected chi connectivity index (χ4v) is 15.2. The van der Waals surface area contributed by atoms with Crippen molar-refractivity contribution in [3.05, 3.63) is 313 Å². The van der Waals surface area contributed by atoms with Gasteiger partial charge in [-0.05, 0) is 121 Å². The van der Waals surface area contributed by atoms with Crippen LogP contribution in [0, 0.1) is 0 Å². The summed E-state index contributed by atoms with van der Waals surface area (Å²) in [4.78, 5) is 4.71. The summed E-state index contributed by atoms with van der Waals surface area (Å²) in [6.07, 6.45) is 0. The van der Waals surface area contributed by atoms with E-state index in [-0.39, 0.29) is 33.9 Å². The molecule has 19 rings (SSSR count). The van der Waals surface area contributed by atoms with Crippen molar-refractivity contribution in [3.8, 4) is 50.2 Å². The van der Waals surface area contributed by atoms with E-state index in [1.165, 1.54) is 33.4 Å². The standard InChI is InChI=1S/C79H48BN3O/c1-3-23-49(24-4-1)52-27-10-18-38-68(52)82-72-46-60-56-31-9-17-37-64(56)79(62-35-15-7-29-54(62)55-30-8-16-36-63(55)79)65(60)47-67(72)80-66-45-61-59-34-14-22-42-76(59)84-77(61)48-73(66)83(69-39-19-11-28-53(69)50-25-5-2-6-26-50)75-44-51(43-74(82)78(75)80)81-70-40-20-12-32-57(70)58-33-13-21-41-71(58)81/h1-48H/i12D,13D,20D,21D,32D,33D,40D,41D. The first-order valence-electron chi connectivity index (χ1n) is 32.5. The first-order chi connectivity index (χ1) is 45.0. The van der Waals surface area contributed by atoms with Crippen LogP contribution in [0.3, 0.4) is 0 Å². The second kappa shape index (κ2) is 17.1. The van der Waals surface area contributed by atoms with Gasteiger partial charge >= 0.3 is 0 Å². The molecule has 0 saturated heterocycles. The molecule has 2 aromatic heterocycles. The Morgan fingerprint density at radius 1 is 0.333 bits per heavy atom. The Kier molecular flexibility index (Phi) is 7.88. The lowest BCUT2D eigenvalue weighted by Crippen LogP contribution is -2.61. The van der Waals surface area contributed by atoms with Gasteiger partial charge in [0.15, 0.2) is 0 Å².